The number of hydrogen-bond donors (Lipinski definition) is 2. The van der Waals surface area contributed by atoms with Crippen LogP contribution in [-0.4, -0.2) is 22.6 Å². The summed E-state index contributed by atoms with van der Waals surface area (Å²) < 4.78 is 0. The highest BCUT2D eigenvalue weighted by atomic mass is 16.4. The van der Waals surface area contributed by atoms with Crippen molar-refractivity contribution in [1.29, 1.82) is 0 Å². The van der Waals surface area contributed by atoms with Gasteiger partial charge in [0.15, 0.2) is 0 Å². The smallest absolute Gasteiger partial charge is 0.335 e. The molecule has 0 bridgehead atoms. The molecule has 1 heterocycles. The molecule has 1 aromatic heterocycles. The van der Waals surface area contributed by atoms with E-state index in [9.17, 15) is 4.79 Å². The van der Waals surface area contributed by atoms with E-state index >= 15 is 0 Å². The lowest BCUT2D eigenvalue weighted by Gasteiger charge is -2.06. The van der Waals surface area contributed by atoms with Crippen molar-refractivity contribution in [3.8, 4) is 0 Å². The normalized spacial score (nSPS) is 10.7. The molecule has 0 aliphatic rings. The van der Waals surface area contributed by atoms with E-state index in [2.05, 4.69) is 24.1 Å². The predicted octanol–water partition coefficient (Wildman–Crippen LogP) is 1.92. The first kappa shape index (κ1) is 12.6. The number of rotatable bonds is 6. The van der Waals surface area contributed by atoms with Gasteiger partial charge in [-0.1, -0.05) is 13.8 Å². The Morgan fingerprint density at radius 2 is 2.31 bits per heavy atom. The Balaban J connectivity index is 2.42. The Bertz CT molecular complexity index is 351. The summed E-state index contributed by atoms with van der Waals surface area (Å²) in [5.74, 6) is -0.239. The molecule has 0 radical (unpaired) electrons. The van der Waals surface area contributed by atoms with Crippen LogP contribution in [0.3, 0.4) is 0 Å². The van der Waals surface area contributed by atoms with E-state index in [1.807, 2.05) is 0 Å². The minimum Gasteiger partial charge on any atom is -0.478 e. The maximum atomic E-state index is 10.7. The Labute approximate surface area is 95.7 Å². The maximum absolute atomic E-state index is 10.7. The zero-order chi connectivity index (χ0) is 12.0. The SMILES string of the molecule is CC(C)CCNCc1cc(C(=O)O)ccn1. The second kappa shape index (κ2) is 6.23. The molecule has 0 aromatic carbocycles. The van der Waals surface area contributed by atoms with E-state index in [1.165, 1.54) is 12.3 Å². The van der Waals surface area contributed by atoms with E-state index < -0.39 is 5.97 Å². The Kier molecular flexibility index (Phi) is 4.92. The molecule has 0 atom stereocenters. The molecule has 0 saturated heterocycles. The van der Waals surface area contributed by atoms with Crippen LogP contribution < -0.4 is 5.32 Å². The van der Waals surface area contributed by atoms with Crippen molar-refractivity contribution in [1.82, 2.24) is 10.3 Å². The van der Waals surface area contributed by atoms with Gasteiger partial charge in [0.25, 0.3) is 0 Å². The third-order valence-corrected chi connectivity index (χ3v) is 2.27. The van der Waals surface area contributed by atoms with Crippen molar-refractivity contribution in [2.45, 2.75) is 26.8 Å². The topological polar surface area (TPSA) is 62.2 Å². The molecule has 0 saturated carbocycles. The summed E-state index contributed by atoms with van der Waals surface area (Å²) >= 11 is 0. The fraction of sp³-hybridized carbons (Fsp3) is 0.500. The zero-order valence-corrected chi connectivity index (χ0v) is 9.73. The van der Waals surface area contributed by atoms with Crippen molar-refractivity contribution in [3.05, 3.63) is 29.6 Å². The molecule has 88 valence electrons. The summed E-state index contributed by atoms with van der Waals surface area (Å²) in [6, 6.07) is 3.10. The standard InChI is InChI=1S/C12H18N2O2/c1-9(2)3-5-13-8-11-7-10(12(15)16)4-6-14-11/h4,6-7,9,13H,3,5,8H2,1-2H3,(H,15,16). The highest BCUT2D eigenvalue weighted by molar-refractivity contribution is 5.87. The molecule has 0 unspecified atom stereocenters. The summed E-state index contributed by atoms with van der Waals surface area (Å²) in [5, 5.41) is 12.0. The van der Waals surface area contributed by atoms with Gasteiger partial charge in [-0.15, -0.1) is 0 Å². The Morgan fingerprint density at radius 1 is 1.56 bits per heavy atom. The average molecular weight is 222 g/mol. The molecule has 1 aromatic rings. The van der Waals surface area contributed by atoms with Gasteiger partial charge in [0.2, 0.25) is 0 Å². The summed E-state index contributed by atoms with van der Waals surface area (Å²) in [7, 11) is 0. The lowest BCUT2D eigenvalue weighted by atomic mass is 10.1. The minimum atomic E-state index is -0.911. The highest BCUT2D eigenvalue weighted by Crippen LogP contribution is 2.02. The van der Waals surface area contributed by atoms with Crippen molar-refractivity contribution in [2.75, 3.05) is 6.54 Å². The molecule has 0 fully saturated rings. The number of carboxylic acid groups (broad SMARTS) is 1. The quantitative estimate of drug-likeness (QED) is 0.722. The third kappa shape index (κ3) is 4.40. The number of carbonyl (C=O) groups is 1. The largest absolute Gasteiger partial charge is 0.478 e. The molecule has 0 spiro atoms. The van der Waals surface area contributed by atoms with Gasteiger partial charge < -0.3 is 10.4 Å². The van der Waals surface area contributed by atoms with Gasteiger partial charge in [0.05, 0.1) is 11.3 Å². The van der Waals surface area contributed by atoms with Crippen LogP contribution in [0.4, 0.5) is 0 Å². The average Bonchev–Trinajstić information content (AvgIpc) is 2.24. The van der Waals surface area contributed by atoms with Gasteiger partial charge in [-0.3, -0.25) is 4.98 Å². The molecule has 0 aliphatic carbocycles. The van der Waals surface area contributed by atoms with Crippen molar-refractivity contribution in [3.63, 3.8) is 0 Å². The molecule has 1 rings (SSSR count). The highest BCUT2D eigenvalue weighted by Gasteiger charge is 2.03. The van der Waals surface area contributed by atoms with Crippen molar-refractivity contribution < 1.29 is 9.90 Å². The van der Waals surface area contributed by atoms with E-state index in [1.54, 1.807) is 6.07 Å². The summed E-state index contributed by atoms with van der Waals surface area (Å²) in [5.41, 5.74) is 1.05. The van der Waals surface area contributed by atoms with Crippen LogP contribution in [0.2, 0.25) is 0 Å². The van der Waals surface area contributed by atoms with Crippen LogP contribution >= 0.6 is 0 Å². The number of hydrogen-bond acceptors (Lipinski definition) is 3. The van der Waals surface area contributed by atoms with E-state index in [0.29, 0.717) is 12.5 Å². The van der Waals surface area contributed by atoms with Gasteiger partial charge >= 0.3 is 5.97 Å². The molecule has 2 N–H and O–H groups in total. The lowest BCUT2D eigenvalue weighted by Crippen LogP contribution is -2.17. The van der Waals surface area contributed by atoms with E-state index in [0.717, 1.165) is 18.7 Å². The molecular formula is C12H18N2O2. The molecule has 0 amide bonds. The van der Waals surface area contributed by atoms with Crippen LogP contribution in [0.1, 0.15) is 36.3 Å². The number of nitrogens with zero attached hydrogens (tertiary/aromatic N) is 1. The molecule has 4 heteroatoms. The number of aromatic carboxylic acids is 1. The molecular weight excluding hydrogens is 204 g/mol. The monoisotopic (exact) mass is 222 g/mol. The summed E-state index contributed by atoms with van der Waals surface area (Å²) in [6.07, 6.45) is 2.64. The Hall–Kier alpha value is -1.42. The van der Waals surface area contributed by atoms with E-state index in [4.69, 9.17) is 5.11 Å². The van der Waals surface area contributed by atoms with Gasteiger partial charge in [-0.05, 0) is 31.0 Å². The molecule has 16 heavy (non-hydrogen) atoms. The van der Waals surface area contributed by atoms with Gasteiger partial charge in [-0.25, -0.2) is 4.79 Å². The van der Waals surface area contributed by atoms with Crippen molar-refractivity contribution in [2.24, 2.45) is 5.92 Å². The number of pyridine rings is 1. The van der Waals surface area contributed by atoms with Crippen molar-refractivity contribution >= 4 is 5.97 Å². The lowest BCUT2D eigenvalue weighted by molar-refractivity contribution is 0.0696. The summed E-state index contributed by atoms with van der Waals surface area (Å²) in [6.45, 7) is 5.89. The van der Waals surface area contributed by atoms with E-state index in [-0.39, 0.29) is 5.56 Å². The minimum absolute atomic E-state index is 0.288. The number of carboxylic acids is 1. The first-order valence-electron chi connectivity index (χ1n) is 5.48. The maximum Gasteiger partial charge on any atom is 0.335 e. The Morgan fingerprint density at radius 3 is 2.94 bits per heavy atom. The summed E-state index contributed by atoms with van der Waals surface area (Å²) in [4.78, 5) is 14.8. The third-order valence-electron chi connectivity index (χ3n) is 2.27. The van der Waals surface area contributed by atoms with Crippen LogP contribution in [0.5, 0.6) is 0 Å². The van der Waals surface area contributed by atoms with Crippen LogP contribution in [-0.2, 0) is 6.54 Å². The zero-order valence-electron chi connectivity index (χ0n) is 9.73. The first-order chi connectivity index (χ1) is 7.59. The second-order valence-electron chi connectivity index (χ2n) is 4.20. The van der Waals surface area contributed by atoms with Gasteiger partial charge in [0.1, 0.15) is 0 Å². The first-order valence-corrected chi connectivity index (χ1v) is 5.48. The molecule has 0 aliphatic heterocycles. The van der Waals surface area contributed by atoms with Crippen LogP contribution in [0.15, 0.2) is 18.3 Å². The van der Waals surface area contributed by atoms with Gasteiger partial charge in [-0.2, -0.15) is 0 Å². The van der Waals surface area contributed by atoms with Gasteiger partial charge in [0, 0.05) is 12.7 Å². The van der Waals surface area contributed by atoms with Crippen LogP contribution in [0, 0.1) is 5.92 Å². The number of nitrogens with one attached hydrogen (secondary N) is 1. The fourth-order valence-corrected chi connectivity index (χ4v) is 1.32. The second-order valence-corrected chi connectivity index (χ2v) is 4.20. The number of aromatic nitrogens is 1. The predicted molar refractivity (Wildman–Crippen MR) is 62.4 cm³/mol. The van der Waals surface area contributed by atoms with Crippen LogP contribution in [0.25, 0.3) is 0 Å². The molecule has 4 nitrogen and oxygen atoms in total. The fourth-order valence-electron chi connectivity index (χ4n) is 1.32.